The summed E-state index contributed by atoms with van der Waals surface area (Å²) < 4.78 is 0. The summed E-state index contributed by atoms with van der Waals surface area (Å²) in [7, 11) is 0. The summed E-state index contributed by atoms with van der Waals surface area (Å²) in [6.07, 6.45) is 33.7. The normalized spacial score (nSPS) is 16.8. The number of carboxylic acid groups (broad SMARTS) is 1. The van der Waals surface area contributed by atoms with Crippen LogP contribution in [0.25, 0.3) is 0 Å². The highest BCUT2D eigenvalue weighted by Crippen LogP contribution is 2.33. The Labute approximate surface area is 260 Å². The van der Waals surface area contributed by atoms with Crippen LogP contribution < -0.4 is 0 Å². The SMILES string of the molecule is CCCCCCCCCCCCCCCC(=O)N1CCCC1(C(=O)O)C(=O)CCCCCCCCCCCCCCC. The molecule has 1 amide bonds. The van der Waals surface area contributed by atoms with E-state index >= 15 is 0 Å². The summed E-state index contributed by atoms with van der Waals surface area (Å²) in [5, 5.41) is 10.1. The Morgan fingerprint density at radius 3 is 1.21 bits per heavy atom. The Balaban J connectivity index is 2.19. The van der Waals surface area contributed by atoms with E-state index in [4.69, 9.17) is 0 Å². The second-order valence-corrected chi connectivity index (χ2v) is 13.2. The van der Waals surface area contributed by atoms with E-state index in [0.29, 0.717) is 19.4 Å². The molecule has 42 heavy (non-hydrogen) atoms. The number of hydrogen-bond donors (Lipinski definition) is 1. The summed E-state index contributed by atoms with van der Waals surface area (Å²) >= 11 is 0. The zero-order valence-electron chi connectivity index (χ0n) is 28.0. The van der Waals surface area contributed by atoms with Crippen molar-refractivity contribution in [3.63, 3.8) is 0 Å². The number of carbonyl (C=O) groups excluding carboxylic acids is 2. The Bertz CT molecular complexity index is 693. The van der Waals surface area contributed by atoms with Crippen molar-refractivity contribution in [2.75, 3.05) is 6.54 Å². The van der Waals surface area contributed by atoms with Crippen LogP contribution in [0.15, 0.2) is 0 Å². The van der Waals surface area contributed by atoms with E-state index in [0.717, 1.165) is 38.5 Å². The molecule has 1 atom stereocenters. The number of carboxylic acids is 1. The van der Waals surface area contributed by atoms with Crippen molar-refractivity contribution < 1.29 is 19.5 Å². The Kier molecular flexibility index (Phi) is 24.0. The Hall–Kier alpha value is -1.39. The number of hydrogen-bond acceptors (Lipinski definition) is 3. The molecule has 1 heterocycles. The third-order valence-corrected chi connectivity index (χ3v) is 9.50. The van der Waals surface area contributed by atoms with Crippen LogP contribution in [0, 0.1) is 0 Å². The zero-order chi connectivity index (χ0) is 30.7. The molecule has 0 aromatic carbocycles. The number of ketones is 1. The molecule has 0 spiro atoms. The van der Waals surface area contributed by atoms with Crippen molar-refractivity contribution in [1.29, 1.82) is 0 Å². The van der Waals surface area contributed by atoms with Gasteiger partial charge in [-0.2, -0.15) is 0 Å². The maximum Gasteiger partial charge on any atom is 0.337 e. The number of likely N-dealkylation sites (tertiary alicyclic amines) is 1. The van der Waals surface area contributed by atoms with Crippen molar-refractivity contribution in [2.24, 2.45) is 0 Å². The van der Waals surface area contributed by atoms with Crippen molar-refractivity contribution in [3.05, 3.63) is 0 Å². The molecule has 0 saturated carbocycles. The number of aliphatic carboxylic acids is 1. The van der Waals surface area contributed by atoms with Gasteiger partial charge in [-0.05, 0) is 25.7 Å². The highest BCUT2D eigenvalue weighted by Gasteiger charge is 2.54. The van der Waals surface area contributed by atoms with Gasteiger partial charge >= 0.3 is 5.97 Å². The Morgan fingerprint density at radius 2 is 0.857 bits per heavy atom. The fourth-order valence-electron chi connectivity index (χ4n) is 6.73. The molecule has 1 aliphatic heterocycles. The monoisotopic (exact) mass is 592 g/mol. The second-order valence-electron chi connectivity index (χ2n) is 13.2. The van der Waals surface area contributed by atoms with Gasteiger partial charge in [-0.3, -0.25) is 9.59 Å². The van der Waals surface area contributed by atoms with Crippen molar-refractivity contribution in [2.45, 2.75) is 212 Å². The lowest BCUT2D eigenvalue weighted by Crippen LogP contribution is -2.58. The summed E-state index contributed by atoms with van der Waals surface area (Å²) in [6.45, 7) is 4.91. The van der Waals surface area contributed by atoms with E-state index in [1.54, 1.807) is 0 Å². The van der Waals surface area contributed by atoms with E-state index in [2.05, 4.69) is 13.8 Å². The van der Waals surface area contributed by atoms with Crippen LogP contribution in [0.1, 0.15) is 206 Å². The van der Waals surface area contributed by atoms with Crippen LogP contribution in [0.5, 0.6) is 0 Å². The minimum absolute atomic E-state index is 0.142. The third-order valence-electron chi connectivity index (χ3n) is 9.50. The van der Waals surface area contributed by atoms with Gasteiger partial charge in [0.05, 0.1) is 0 Å². The maximum absolute atomic E-state index is 13.2. The molecule has 5 nitrogen and oxygen atoms in total. The summed E-state index contributed by atoms with van der Waals surface area (Å²) in [4.78, 5) is 40.1. The first-order chi connectivity index (χ1) is 20.5. The predicted molar refractivity (Wildman–Crippen MR) is 177 cm³/mol. The summed E-state index contributed by atoms with van der Waals surface area (Å²) in [6, 6.07) is 0. The molecule has 0 aromatic heterocycles. The number of unbranched alkanes of at least 4 members (excludes halogenated alkanes) is 24. The second kappa shape index (κ2) is 26.1. The van der Waals surface area contributed by atoms with Crippen molar-refractivity contribution in [1.82, 2.24) is 4.90 Å². The molecular formula is C37H69NO4. The summed E-state index contributed by atoms with van der Waals surface area (Å²) in [5.41, 5.74) is -1.62. The van der Waals surface area contributed by atoms with E-state index in [9.17, 15) is 19.5 Å². The predicted octanol–water partition coefficient (Wildman–Crippen LogP) is 11.0. The molecule has 0 aromatic rings. The molecule has 1 unspecified atom stereocenters. The maximum atomic E-state index is 13.2. The van der Waals surface area contributed by atoms with Gasteiger partial charge < -0.3 is 10.0 Å². The third kappa shape index (κ3) is 16.5. The van der Waals surface area contributed by atoms with Crippen LogP contribution in [0.3, 0.4) is 0 Å². The van der Waals surface area contributed by atoms with Crippen LogP contribution >= 0.6 is 0 Å². The first-order valence-corrected chi connectivity index (χ1v) is 18.6. The van der Waals surface area contributed by atoms with Gasteiger partial charge in [0.15, 0.2) is 11.3 Å². The molecule has 0 radical (unpaired) electrons. The van der Waals surface area contributed by atoms with E-state index < -0.39 is 11.5 Å². The highest BCUT2D eigenvalue weighted by molar-refractivity contribution is 6.10. The quantitative estimate of drug-likeness (QED) is 0.0666. The minimum atomic E-state index is -1.62. The number of nitrogens with zero attached hydrogens (tertiary/aromatic N) is 1. The fourth-order valence-corrected chi connectivity index (χ4v) is 6.73. The lowest BCUT2D eigenvalue weighted by molar-refractivity contribution is -0.162. The Morgan fingerprint density at radius 1 is 0.524 bits per heavy atom. The first kappa shape index (κ1) is 38.6. The molecule has 1 N–H and O–H groups in total. The lowest BCUT2D eigenvalue weighted by Gasteiger charge is -2.33. The van der Waals surface area contributed by atoms with Gasteiger partial charge in [-0.15, -0.1) is 0 Å². The van der Waals surface area contributed by atoms with E-state index in [-0.39, 0.29) is 24.5 Å². The van der Waals surface area contributed by atoms with Crippen LogP contribution in [-0.4, -0.2) is 39.7 Å². The van der Waals surface area contributed by atoms with Gasteiger partial charge in [0.25, 0.3) is 0 Å². The van der Waals surface area contributed by atoms with E-state index in [1.807, 2.05) is 0 Å². The highest BCUT2D eigenvalue weighted by atomic mass is 16.4. The molecule has 1 fully saturated rings. The van der Waals surface area contributed by atoms with E-state index in [1.165, 1.54) is 133 Å². The molecule has 1 aliphatic rings. The molecule has 0 bridgehead atoms. The van der Waals surface area contributed by atoms with Gasteiger partial charge in [0.2, 0.25) is 5.91 Å². The number of amides is 1. The van der Waals surface area contributed by atoms with Crippen molar-refractivity contribution in [3.8, 4) is 0 Å². The first-order valence-electron chi connectivity index (χ1n) is 18.6. The summed E-state index contributed by atoms with van der Waals surface area (Å²) in [5.74, 6) is -1.52. The molecule has 0 aliphatic carbocycles. The van der Waals surface area contributed by atoms with Crippen LogP contribution in [0.2, 0.25) is 0 Å². The van der Waals surface area contributed by atoms with Crippen molar-refractivity contribution >= 4 is 17.7 Å². The largest absolute Gasteiger partial charge is 0.479 e. The minimum Gasteiger partial charge on any atom is -0.479 e. The molecule has 1 rings (SSSR count). The average molecular weight is 592 g/mol. The zero-order valence-corrected chi connectivity index (χ0v) is 28.0. The van der Waals surface area contributed by atoms with Crippen LogP contribution in [-0.2, 0) is 14.4 Å². The number of rotatable bonds is 30. The molecular weight excluding hydrogens is 522 g/mol. The topological polar surface area (TPSA) is 74.7 Å². The molecule has 246 valence electrons. The lowest BCUT2D eigenvalue weighted by atomic mass is 9.87. The number of carbonyl (C=O) groups is 3. The fraction of sp³-hybridized carbons (Fsp3) is 0.919. The van der Waals surface area contributed by atoms with Gasteiger partial charge in [0.1, 0.15) is 0 Å². The average Bonchev–Trinajstić information content (AvgIpc) is 3.44. The smallest absolute Gasteiger partial charge is 0.337 e. The van der Waals surface area contributed by atoms with Gasteiger partial charge in [-0.1, -0.05) is 168 Å². The van der Waals surface area contributed by atoms with Gasteiger partial charge in [-0.25, -0.2) is 4.79 Å². The molecule has 5 heteroatoms. The standard InChI is InChI=1S/C37H69NO4/c1-3-5-7-9-11-13-15-17-19-21-23-25-27-30-34(39)37(36(41)42)32-29-33-38(37)35(40)31-28-26-24-22-20-18-16-14-12-10-8-6-4-2/h3-33H2,1-2H3,(H,41,42). The van der Waals surface area contributed by atoms with Gasteiger partial charge in [0, 0.05) is 19.4 Å². The molecule has 1 saturated heterocycles. The number of Topliss-reactive ketones (excluding diaryl/α,β-unsaturated/α-hetero) is 1. The van der Waals surface area contributed by atoms with Crippen LogP contribution in [0.4, 0.5) is 0 Å².